The van der Waals surface area contributed by atoms with Gasteiger partial charge in [-0.25, -0.2) is 0 Å². The summed E-state index contributed by atoms with van der Waals surface area (Å²) in [5.74, 6) is 2.73. The van der Waals surface area contributed by atoms with Gasteiger partial charge in [0.2, 0.25) is 0 Å². The summed E-state index contributed by atoms with van der Waals surface area (Å²) in [4.78, 5) is 0. The molecule has 16 heavy (non-hydrogen) atoms. The third kappa shape index (κ3) is 2.86. The van der Waals surface area contributed by atoms with Gasteiger partial charge in [0.15, 0.2) is 0 Å². The summed E-state index contributed by atoms with van der Waals surface area (Å²) in [7, 11) is 0. The summed E-state index contributed by atoms with van der Waals surface area (Å²) in [6.07, 6.45) is 7.09. The zero-order valence-corrected chi connectivity index (χ0v) is 10.5. The summed E-state index contributed by atoms with van der Waals surface area (Å²) in [6.45, 7) is 8.13. The highest BCUT2D eigenvalue weighted by molar-refractivity contribution is 5.16. The lowest BCUT2D eigenvalue weighted by atomic mass is 10.1. The molecule has 0 aliphatic heterocycles. The van der Waals surface area contributed by atoms with Crippen LogP contribution in [0.15, 0.2) is 6.07 Å². The molecule has 1 unspecified atom stereocenters. The van der Waals surface area contributed by atoms with Gasteiger partial charge < -0.3 is 5.32 Å². The topological polar surface area (TPSA) is 29.9 Å². The van der Waals surface area contributed by atoms with Gasteiger partial charge in [0.25, 0.3) is 0 Å². The first-order valence-electron chi connectivity index (χ1n) is 6.00. The Kier molecular flexibility index (Phi) is 5.07. The first-order valence-corrected chi connectivity index (χ1v) is 6.00. The molecule has 1 N–H and O–H groups in total. The van der Waals surface area contributed by atoms with Crippen LogP contribution in [0.3, 0.4) is 0 Å². The van der Waals surface area contributed by atoms with E-state index in [-0.39, 0.29) is 6.04 Å². The highest BCUT2D eigenvalue weighted by Crippen LogP contribution is 2.18. The minimum absolute atomic E-state index is 0.225. The lowest BCUT2D eigenvalue weighted by molar-refractivity contribution is 0.499. The van der Waals surface area contributed by atoms with E-state index in [0.29, 0.717) is 6.42 Å². The zero-order chi connectivity index (χ0) is 12.0. The van der Waals surface area contributed by atoms with Crippen molar-refractivity contribution >= 4 is 0 Å². The molecule has 88 valence electrons. The van der Waals surface area contributed by atoms with Crippen LogP contribution in [0, 0.1) is 12.3 Å². The fourth-order valence-corrected chi connectivity index (χ4v) is 1.84. The number of nitrogens with zero attached hydrogens (tertiary/aromatic N) is 2. The molecule has 0 fully saturated rings. The Balaban J connectivity index is 2.97. The van der Waals surface area contributed by atoms with Gasteiger partial charge in [0, 0.05) is 13.0 Å². The van der Waals surface area contributed by atoms with Crippen LogP contribution in [-0.4, -0.2) is 16.3 Å². The van der Waals surface area contributed by atoms with Crippen molar-refractivity contribution in [1.82, 2.24) is 15.1 Å². The summed E-state index contributed by atoms with van der Waals surface area (Å²) in [5.41, 5.74) is 2.34. The molecule has 0 radical (unpaired) electrons. The lowest BCUT2D eigenvalue weighted by Crippen LogP contribution is -2.23. The van der Waals surface area contributed by atoms with E-state index in [9.17, 15) is 0 Å². The summed E-state index contributed by atoms with van der Waals surface area (Å²) in [6, 6.07) is 2.39. The molecular weight excluding hydrogens is 198 g/mol. The molecule has 0 saturated heterocycles. The Morgan fingerprint density at radius 3 is 2.75 bits per heavy atom. The van der Waals surface area contributed by atoms with Crippen molar-refractivity contribution in [3.05, 3.63) is 17.5 Å². The molecule has 1 heterocycles. The van der Waals surface area contributed by atoms with Crippen molar-refractivity contribution < 1.29 is 0 Å². The molecule has 1 atom stereocenters. The second-order valence-electron chi connectivity index (χ2n) is 3.75. The first kappa shape index (κ1) is 12.8. The van der Waals surface area contributed by atoms with Crippen LogP contribution in [0.25, 0.3) is 0 Å². The van der Waals surface area contributed by atoms with Gasteiger partial charge in [-0.3, -0.25) is 4.68 Å². The molecule has 1 aromatic rings. The van der Waals surface area contributed by atoms with E-state index in [1.807, 2.05) is 4.68 Å². The normalized spacial score (nSPS) is 12.4. The lowest BCUT2D eigenvalue weighted by Gasteiger charge is -2.16. The van der Waals surface area contributed by atoms with Crippen LogP contribution in [0.1, 0.15) is 44.6 Å². The number of hydrogen-bond acceptors (Lipinski definition) is 2. The maximum absolute atomic E-state index is 5.41. The number of nitrogens with one attached hydrogen (secondary N) is 1. The number of rotatable bonds is 6. The van der Waals surface area contributed by atoms with Crippen LogP contribution < -0.4 is 5.32 Å². The predicted octanol–water partition coefficient (Wildman–Crippen LogP) is 2.14. The Bertz CT molecular complexity index is 360. The third-order valence-electron chi connectivity index (χ3n) is 2.65. The van der Waals surface area contributed by atoms with Gasteiger partial charge in [-0.1, -0.05) is 13.8 Å². The van der Waals surface area contributed by atoms with E-state index in [1.54, 1.807) is 0 Å². The number of terminal acetylenes is 1. The van der Waals surface area contributed by atoms with E-state index in [2.05, 4.69) is 43.2 Å². The van der Waals surface area contributed by atoms with Crippen molar-refractivity contribution in [2.24, 2.45) is 0 Å². The fourth-order valence-electron chi connectivity index (χ4n) is 1.84. The van der Waals surface area contributed by atoms with E-state index >= 15 is 0 Å². The molecule has 3 heteroatoms. The van der Waals surface area contributed by atoms with Crippen molar-refractivity contribution in [2.45, 2.75) is 46.2 Å². The molecular formula is C13H21N3. The number of aryl methyl sites for hydroxylation is 2. The predicted molar refractivity (Wildman–Crippen MR) is 67.1 cm³/mol. The molecule has 0 bridgehead atoms. The summed E-state index contributed by atoms with van der Waals surface area (Å²) in [5, 5.41) is 7.95. The van der Waals surface area contributed by atoms with Gasteiger partial charge in [0.05, 0.1) is 17.4 Å². The van der Waals surface area contributed by atoms with E-state index in [4.69, 9.17) is 6.42 Å². The molecule has 0 spiro atoms. The Labute approximate surface area is 98.2 Å². The van der Waals surface area contributed by atoms with Crippen LogP contribution in [-0.2, 0) is 13.0 Å². The second kappa shape index (κ2) is 6.34. The van der Waals surface area contributed by atoms with Crippen LogP contribution in [0.4, 0.5) is 0 Å². The van der Waals surface area contributed by atoms with Crippen LogP contribution in [0.2, 0.25) is 0 Å². The van der Waals surface area contributed by atoms with Crippen LogP contribution in [0.5, 0.6) is 0 Å². The number of hydrogen-bond donors (Lipinski definition) is 1. The second-order valence-corrected chi connectivity index (χ2v) is 3.75. The quantitative estimate of drug-likeness (QED) is 0.743. The molecule has 1 rings (SSSR count). The standard InChI is InChI=1S/C13H21N3/c1-5-9-12(14-7-3)13-10-11(6-2)15-16(13)8-4/h1,10,12,14H,6-9H2,2-4H3. The molecule has 0 amide bonds. The third-order valence-corrected chi connectivity index (χ3v) is 2.65. The largest absolute Gasteiger partial charge is 0.308 e. The smallest absolute Gasteiger partial charge is 0.0625 e. The summed E-state index contributed by atoms with van der Waals surface area (Å²) >= 11 is 0. The minimum Gasteiger partial charge on any atom is -0.308 e. The highest BCUT2D eigenvalue weighted by atomic mass is 15.3. The fraction of sp³-hybridized carbons (Fsp3) is 0.615. The monoisotopic (exact) mass is 219 g/mol. The van der Waals surface area contributed by atoms with Crippen molar-refractivity contribution in [3.8, 4) is 12.3 Å². The van der Waals surface area contributed by atoms with Crippen molar-refractivity contribution in [1.29, 1.82) is 0 Å². The Morgan fingerprint density at radius 2 is 2.25 bits per heavy atom. The van der Waals surface area contributed by atoms with E-state index < -0.39 is 0 Å². The van der Waals surface area contributed by atoms with Crippen LogP contribution >= 0.6 is 0 Å². The van der Waals surface area contributed by atoms with Gasteiger partial charge in [-0.2, -0.15) is 5.10 Å². The highest BCUT2D eigenvalue weighted by Gasteiger charge is 2.15. The SMILES string of the molecule is C#CCC(NCC)c1cc(CC)nn1CC. The molecule has 0 aromatic carbocycles. The Hall–Kier alpha value is -1.27. The molecule has 0 aliphatic rings. The van der Waals surface area contributed by atoms with E-state index in [0.717, 1.165) is 25.2 Å². The van der Waals surface area contributed by atoms with Gasteiger partial charge >= 0.3 is 0 Å². The zero-order valence-electron chi connectivity index (χ0n) is 10.5. The first-order chi connectivity index (χ1) is 7.76. The average Bonchev–Trinajstić information content (AvgIpc) is 2.72. The van der Waals surface area contributed by atoms with Gasteiger partial charge in [-0.15, -0.1) is 12.3 Å². The van der Waals surface area contributed by atoms with Gasteiger partial charge in [-0.05, 0) is 26.0 Å². The molecule has 0 saturated carbocycles. The van der Waals surface area contributed by atoms with Crippen molar-refractivity contribution in [2.75, 3.05) is 6.54 Å². The van der Waals surface area contributed by atoms with Gasteiger partial charge in [0.1, 0.15) is 0 Å². The average molecular weight is 219 g/mol. The Morgan fingerprint density at radius 1 is 1.50 bits per heavy atom. The molecule has 0 aliphatic carbocycles. The maximum Gasteiger partial charge on any atom is 0.0625 e. The number of aromatic nitrogens is 2. The summed E-state index contributed by atoms with van der Waals surface area (Å²) < 4.78 is 2.05. The molecule has 3 nitrogen and oxygen atoms in total. The maximum atomic E-state index is 5.41. The van der Waals surface area contributed by atoms with Crippen molar-refractivity contribution in [3.63, 3.8) is 0 Å². The molecule has 1 aromatic heterocycles. The van der Waals surface area contributed by atoms with E-state index in [1.165, 1.54) is 5.69 Å². The minimum atomic E-state index is 0.225.